The lowest BCUT2D eigenvalue weighted by Gasteiger charge is -2.53. The van der Waals surface area contributed by atoms with E-state index in [1.54, 1.807) is 0 Å². The second-order valence-corrected chi connectivity index (χ2v) is 35.6. The molecule has 0 N–H and O–H groups in total. The molecule has 0 radical (unpaired) electrons. The molecular weight excluding hydrogens is 460 g/mol. The molecule has 0 unspecified atom stereocenters. The Morgan fingerprint density at radius 1 is 0.633 bits per heavy atom. The Balaban J connectivity index is 6.39. The Morgan fingerprint density at radius 3 is 1.03 bits per heavy atom. The van der Waals surface area contributed by atoms with Gasteiger partial charge in [0.25, 0.3) is 0 Å². The maximum Gasteiger partial charge on any atom is 0.319 e. The van der Waals surface area contributed by atoms with E-state index in [9.17, 15) is 15.1 Å². The molecule has 30 heavy (non-hydrogen) atoms. The lowest BCUT2D eigenvalue weighted by molar-refractivity contribution is 0.131. The molecule has 174 valence electrons. The summed E-state index contributed by atoms with van der Waals surface area (Å²) in [5.74, 6) is 0. The Bertz CT molecular complexity index is 604. The van der Waals surface area contributed by atoms with Gasteiger partial charge in [-0.2, -0.15) is 10.5 Å². The molecule has 0 aromatic carbocycles. The lowest BCUT2D eigenvalue weighted by atomic mass is 10.3. The lowest BCUT2D eigenvalue weighted by Crippen LogP contribution is -2.68. The van der Waals surface area contributed by atoms with E-state index in [2.05, 4.69) is 90.7 Å². The molecule has 0 heterocycles. The van der Waals surface area contributed by atoms with Gasteiger partial charge in [0, 0.05) is 12.8 Å². The summed E-state index contributed by atoms with van der Waals surface area (Å²) in [7, 11) is -10.7. The smallest absolute Gasteiger partial charge is 0.311 e. The van der Waals surface area contributed by atoms with Gasteiger partial charge in [0.15, 0.2) is 0 Å². The van der Waals surface area contributed by atoms with Crippen LogP contribution in [0, 0.1) is 22.7 Å². The molecule has 0 rings (SSSR count). The van der Waals surface area contributed by atoms with Crippen molar-refractivity contribution >= 4 is 40.6 Å². The van der Waals surface area contributed by atoms with E-state index in [4.69, 9.17) is 9.05 Å². The van der Waals surface area contributed by atoms with E-state index >= 15 is 0 Å². The Hall–Kier alpha value is -0.00247. The van der Waals surface area contributed by atoms with Gasteiger partial charge in [0.05, 0.1) is 54.1 Å². The normalized spacial score (nSPS) is 14.5. The maximum atomic E-state index is 13.7. The van der Waals surface area contributed by atoms with Gasteiger partial charge in [-0.05, 0) is 12.8 Å². The van der Waals surface area contributed by atoms with Gasteiger partial charge in [-0.25, -0.2) is 0 Å². The van der Waals surface area contributed by atoms with Crippen LogP contribution in [0.3, 0.4) is 0 Å². The van der Waals surface area contributed by atoms with Gasteiger partial charge in [-0.1, -0.05) is 78.6 Å². The molecule has 0 bridgehead atoms. The predicted molar refractivity (Wildman–Crippen MR) is 140 cm³/mol. The highest BCUT2D eigenvalue weighted by Crippen LogP contribution is 2.51. The second kappa shape index (κ2) is 10.3. The van der Waals surface area contributed by atoms with Crippen LogP contribution in [0.15, 0.2) is 0 Å². The largest absolute Gasteiger partial charge is 0.319 e. The molecule has 0 fully saturated rings. The minimum absolute atomic E-state index is 0.394. The molecule has 0 aliphatic rings. The average Bonchev–Trinajstić information content (AvgIpc) is 2.50. The van der Waals surface area contributed by atoms with E-state index in [1.165, 1.54) is 0 Å². The van der Waals surface area contributed by atoms with E-state index in [1.807, 2.05) is 0 Å². The van der Waals surface area contributed by atoms with Crippen LogP contribution in [0.1, 0.15) is 25.7 Å². The minimum atomic E-state index is -2.82. The predicted octanol–water partition coefficient (Wildman–Crippen LogP) is 7.00. The van der Waals surface area contributed by atoms with E-state index in [0.29, 0.717) is 25.7 Å². The SMILES string of the molecule is C[Si](C)(C)C(CCC#N)(O[PH](=O)OC(CCC#N)([Si](C)(C)C)[Si](C)(C)C)[Si](C)(C)C. The van der Waals surface area contributed by atoms with Crippen LogP contribution < -0.4 is 0 Å². The minimum Gasteiger partial charge on any atom is -0.311 e. The van der Waals surface area contributed by atoms with E-state index in [0.717, 1.165) is 0 Å². The van der Waals surface area contributed by atoms with Crippen molar-refractivity contribution in [2.24, 2.45) is 0 Å². The first kappa shape index (κ1) is 30.0. The topological polar surface area (TPSA) is 83.1 Å². The Kier molecular flexibility index (Phi) is 10.3. The van der Waals surface area contributed by atoms with Crippen LogP contribution in [0.25, 0.3) is 0 Å². The zero-order chi connectivity index (χ0) is 24.2. The molecular formula is C20H45N2O3PSi4. The van der Waals surface area contributed by atoms with Gasteiger partial charge in [-0.3, -0.25) is 4.57 Å². The molecule has 0 aromatic rings. The Morgan fingerprint density at radius 2 is 0.867 bits per heavy atom. The highest BCUT2D eigenvalue weighted by molar-refractivity contribution is 7.34. The number of hydrogen-bond donors (Lipinski definition) is 0. The summed E-state index contributed by atoms with van der Waals surface area (Å²) in [5, 5.41) is 18.6. The Labute approximate surface area is 190 Å². The quantitative estimate of drug-likeness (QED) is 0.211. The molecule has 0 saturated carbocycles. The zero-order valence-corrected chi connectivity index (χ0v) is 26.4. The molecule has 0 saturated heterocycles. The summed E-state index contributed by atoms with van der Waals surface area (Å²) in [4.78, 5) is -1.02. The maximum absolute atomic E-state index is 13.7. The van der Waals surface area contributed by atoms with Crippen LogP contribution in [-0.4, -0.2) is 42.0 Å². The summed E-state index contributed by atoms with van der Waals surface area (Å²) in [5.41, 5.74) is 0. The standard InChI is InChI=1S/C20H45N2O3PSi4/c1-27(2,3)19(15-13-17-21,28(4,5)6)24-26(23)25-20(16-14-18-22,29(7,8)9)30(10,11)12/h26H,13-16H2,1-12H3. The first-order chi connectivity index (χ1) is 13.2. The fourth-order valence-corrected chi connectivity index (χ4v) is 33.4. The number of nitriles is 2. The molecule has 10 heteroatoms. The van der Waals surface area contributed by atoms with Crippen molar-refractivity contribution in [2.45, 2.75) is 114 Å². The van der Waals surface area contributed by atoms with Gasteiger partial charge >= 0.3 is 8.25 Å². The third-order valence-electron chi connectivity index (χ3n) is 6.54. The van der Waals surface area contributed by atoms with Crippen molar-refractivity contribution in [3.05, 3.63) is 0 Å². The molecule has 0 aliphatic carbocycles. The highest BCUT2D eigenvalue weighted by Gasteiger charge is 2.58. The zero-order valence-electron chi connectivity index (χ0n) is 21.4. The summed E-state index contributed by atoms with van der Waals surface area (Å²) in [6.07, 6.45) is 2.01. The number of hydrogen-bond acceptors (Lipinski definition) is 5. The van der Waals surface area contributed by atoms with Crippen LogP contribution >= 0.6 is 8.25 Å². The van der Waals surface area contributed by atoms with Crippen LogP contribution in [-0.2, 0) is 13.6 Å². The van der Waals surface area contributed by atoms with Crippen molar-refractivity contribution in [1.29, 1.82) is 10.5 Å². The summed E-state index contributed by atoms with van der Waals surface area (Å²) in [6, 6.07) is 4.55. The van der Waals surface area contributed by atoms with Crippen molar-refractivity contribution in [3.8, 4) is 12.1 Å². The first-order valence-corrected chi connectivity index (χ1v) is 26.1. The highest BCUT2D eigenvalue weighted by atomic mass is 31.1. The van der Waals surface area contributed by atoms with Crippen LogP contribution in [0.2, 0.25) is 78.6 Å². The van der Waals surface area contributed by atoms with E-state index in [-0.39, 0.29) is 0 Å². The van der Waals surface area contributed by atoms with E-state index < -0.39 is 50.2 Å². The molecule has 0 atom stereocenters. The molecule has 0 spiro atoms. The number of rotatable bonds is 12. The van der Waals surface area contributed by atoms with Crippen molar-refractivity contribution in [3.63, 3.8) is 0 Å². The second-order valence-electron chi connectivity index (χ2n) is 12.4. The first-order valence-electron chi connectivity index (χ1n) is 10.9. The van der Waals surface area contributed by atoms with Gasteiger partial charge in [0.2, 0.25) is 0 Å². The van der Waals surface area contributed by atoms with Gasteiger partial charge < -0.3 is 9.05 Å². The molecule has 0 amide bonds. The van der Waals surface area contributed by atoms with Crippen LogP contribution in [0.5, 0.6) is 0 Å². The average molecular weight is 505 g/mol. The molecule has 5 nitrogen and oxygen atoms in total. The summed E-state index contributed by atoms with van der Waals surface area (Å²) in [6.45, 7) is 27.0. The summed E-state index contributed by atoms with van der Waals surface area (Å²) < 4.78 is 26.8. The summed E-state index contributed by atoms with van der Waals surface area (Å²) >= 11 is 0. The fraction of sp³-hybridized carbons (Fsp3) is 0.900. The molecule has 0 aromatic heterocycles. The van der Waals surface area contributed by atoms with Gasteiger partial charge in [0.1, 0.15) is 0 Å². The number of nitrogens with zero attached hydrogens (tertiary/aromatic N) is 2. The third-order valence-corrected chi connectivity index (χ3v) is 28.5. The fourth-order valence-electron chi connectivity index (χ4n) is 5.23. The monoisotopic (exact) mass is 504 g/mol. The van der Waals surface area contributed by atoms with Gasteiger partial charge in [-0.15, -0.1) is 0 Å². The van der Waals surface area contributed by atoms with Crippen molar-refractivity contribution in [1.82, 2.24) is 0 Å². The van der Waals surface area contributed by atoms with Crippen LogP contribution in [0.4, 0.5) is 0 Å². The van der Waals surface area contributed by atoms with Crippen molar-refractivity contribution < 1.29 is 13.6 Å². The third kappa shape index (κ3) is 6.51. The van der Waals surface area contributed by atoms with Crippen molar-refractivity contribution in [2.75, 3.05) is 0 Å². The molecule has 0 aliphatic heterocycles.